The molecule has 0 saturated carbocycles. The molecule has 19 heavy (non-hydrogen) atoms. The molecule has 0 aliphatic carbocycles. The minimum Gasteiger partial charge on any atom is -0.497 e. The van der Waals surface area contributed by atoms with E-state index in [-0.39, 0.29) is 5.92 Å². The number of hydrogen-bond donors (Lipinski definition) is 0. The highest BCUT2D eigenvalue weighted by Gasteiger charge is 2.18. The van der Waals surface area contributed by atoms with Gasteiger partial charge in [0.15, 0.2) is 0 Å². The molecule has 0 atom stereocenters. The Kier molecular flexibility index (Phi) is 3.95. The molecule has 0 saturated heterocycles. The summed E-state index contributed by atoms with van der Waals surface area (Å²) in [5, 5.41) is 8.34. The largest absolute Gasteiger partial charge is 0.497 e. The second-order valence-electron chi connectivity index (χ2n) is 4.36. The molecule has 0 unspecified atom stereocenters. The van der Waals surface area contributed by atoms with E-state index in [1.54, 1.807) is 24.9 Å². The molecule has 0 N–H and O–H groups in total. The predicted octanol–water partition coefficient (Wildman–Crippen LogP) is 3.06. The van der Waals surface area contributed by atoms with Crippen molar-refractivity contribution in [2.75, 3.05) is 14.2 Å². The molecule has 0 radical (unpaired) electrons. The van der Waals surface area contributed by atoms with Crippen molar-refractivity contribution in [3.05, 3.63) is 29.3 Å². The highest BCUT2D eigenvalue weighted by molar-refractivity contribution is 6.28. The Morgan fingerprint density at radius 1 is 1.16 bits per heavy atom. The number of nitrogens with zero attached hydrogens (tertiary/aromatic N) is 3. The lowest BCUT2D eigenvalue weighted by Crippen LogP contribution is -2.05. The number of ether oxygens (including phenoxy) is 2. The van der Waals surface area contributed by atoms with Gasteiger partial charge in [-0.25, -0.2) is 0 Å². The van der Waals surface area contributed by atoms with Gasteiger partial charge in [0, 0.05) is 12.0 Å². The molecule has 6 heteroatoms. The first kappa shape index (κ1) is 13.7. The van der Waals surface area contributed by atoms with Crippen molar-refractivity contribution in [1.82, 2.24) is 14.8 Å². The topological polar surface area (TPSA) is 49.2 Å². The van der Waals surface area contributed by atoms with Crippen molar-refractivity contribution in [3.63, 3.8) is 0 Å². The van der Waals surface area contributed by atoms with Crippen LogP contribution < -0.4 is 9.47 Å². The van der Waals surface area contributed by atoms with Gasteiger partial charge in [-0.2, -0.15) is 0 Å². The van der Waals surface area contributed by atoms with Gasteiger partial charge in [0.05, 0.1) is 19.9 Å². The summed E-state index contributed by atoms with van der Waals surface area (Å²) in [4.78, 5) is 0. The zero-order chi connectivity index (χ0) is 14.0. The molecule has 0 fully saturated rings. The van der Waals surface area contributed by atoms with Crippen molar-refractivity contribution in [1.29, 1.82) is 0 Å². The number of benzene rings is 1. The van der Waals surface area contributed by atoms with E-state index in [9.17, 15) is 0 Å². The molecule has 1 heterocycles. The highest BCUT2D eigenvalue weighted by atomic mass is 35.5. The van der Waals surface area contributed by atoms with Crippen LogP contribution in [-0.2, 0) is 0 Å². The molecule has 102 valence electrons. The minimum absolute atomic E-state index is 0.201. The van der Waals surface area contributed by atoms with Gasteiger partial charge in [-0.1, -0.05) is 13.8 Å². The maximum Gasteiger partial charge on any atom is 0.229 e. The van der Waals surface area contributed by atoms with E-state index >= 15 is 0 Å². The molecule has 0 bridgehead atoms. The standard InChI is InChI=1S/C13H16ClN3O2/c1-8(2)12-15-16-13(14)17(12)10-6-5-9(18-3)7-11(10)19-4/h5-8H,1-4H3. The fourth-order valence-electron chi connectivity index (χ4n) is 1.84. The van der Waals surface area contributed by atoms with Crippen LogP contribution in [0.3, 0.4) is 0 Å². The molecule has 5 nitrogen and oxygen atoms in total. The quantitative estimate of drug-likeness (QED) is 0.864. The second kappa shape index (κ2) is 5.48. The number of methoxy groups -OCH3 is 2. The minimum atomic E-state index is 0.201. The Labute approximate surface area is 117 Å². The van der Waals surface area contributed by atoms with E-state index in [1.165, 1.54) is 0 Å². The average molecular weight is 282 g/mol. The Morgan fingerprint density at radius 3 is 2.47 bits per heavy atom. The molecule has 0 amide bonds. The fraction of sp³-hybridized carbons (Fsp3) is 0.385. The first-order valence-electron chi connectivity index (χ1n) is 5.91. The summed E-state index contributed by atoms with van der Waals surface area (Å²) in [6.45, 7) is 4.07. The van der Waals surface area contributed by atoms with Crippen LogP contribution in [0.5, 0.6) is 11.5 Å². The number of rotatable bonds is 4. The maximum absolute atomic E-state index is 6.13. The smallest absolute Gasteiger partial charge is 0.229 e. The molecular weight excluding hydrogens is 266 g/mol. The zero-order valence-corrected chi connectivity index (χ0v) is 12.1. The van der Waals surface area contributed by atoms with Gasteiger partial charge < -0.3 is 9.47 Å². The van der Waals surface area contributed by atoms with Crippen LogP contribution >= 0.6 is 11.6 Å². The predicted molar refractivity (Wildman–Crippen MR) is 73.6 cm³/mol. The summed E-state index contributed by atoms with van der Waals surface area (Å²) in [6, 6.07) is 5.52. The van der Waals surface area contributed by atoms with Crippen LogP contribution in [0.1, 0.15) is 25.6 Å². The van der Waals surface area contributed by atoms with E-state index in [0.717, 1.165) is 17.3 Å². The third kappa shape index (κ3) is 2.51. The van der Waals surface area contributed by atoms with Crippen molar-refractivity contribution in [2.45, 2.75) is 19.8 Å². The lowest BCUT2D eigenvalue weighted by Gasteiger charge is -2.14. The lowest BCUT2D eigenvalue weighted by molar-refractivity contribution is 0.393. The Hall–Kier alpha value is -1.75. The van der Waals surface area contributed by atoms with Crippen molar-refractivity contribution < 1.29 is 9.47 Å². The molecule has 1 aromatic heterocycles. The molecule has 0 aliphatic rings. The van der Waals surface area contributed by atoms with E-state index in [4.69, 9.17) is 21.1 Å². The van der Waals surface area contributed by atoms with Gasteiger partial charge in [0.2, 0.25) is 5.28 Å². The number of aromatic nitrogens is 3. The first-order chi connectivity index (χ1) is 9.08. The van der Waals surface area contributed by atoms with Gasteiger partial charge in [-0.15, -0.1) is 10.2 Å². The van der Waals surface area contributed by atoms with Crippen molar-refractivity contribution >= 4 is 11.6 Å². The van der Waals surface area contributed by atoms with E-state index < -0.39 is 0 Å². The Balaban J connectivity index is 2.61. The van der Waals surface area contributed by atoms with Crippen LogP contribution in [0.4, 0.5) is 0 Å². The third-order valence-corrected chi connectivity index (χ3v) is 3.04. The summed E-state index contributed by atoms with van der Waals surface area (Å²) in [6.07, 6.45) is 0. The van der Waals surface area contributed by atoms with Crippen LogP contribution in [-0.4, -0.2) is 29.0 Å². The second-order valence-corrected chi connectivity index (χ2v) is 4.69. The molecule has 0 spiro atoms. The summed E-state index contributed by atoms with van der Waals surface area (Å²) in [5.41, 5.74) is 0.794. The number of hydrogen-bond acceptors (Lipinski definition) is 4. The number of halogens is 1. The summed E-state index contributed by atoms with van der Waals surface area (Å²) >= 11 is 6.13. The summed E-state index contributed by atoms with van der Waals surface area (Å²) in [7, 11) is 3.21. The Bertz CT molecular complexity index is 581. The van der Waals surface area contributed by atoms with Crippen LogP contribution in [0.15, 0.2) is 18.2 Å². The van der Waals surface area contributed by atoms with Gasteiger partial charge >= 0.3 is 0 Å². The van der Waals surface area contributed by atoms with Gasteiger partial charge in [0.25, 0.3) is 0 Å². The molecule has 2 aromatic rings. The normalized spacial score (nSPS) is 10.8. The van der Waals surface area contributed by atoms with Crippen molar-refractivity contribution in [2.24, 2.45) is 0 Å². The first-order valence-corrected chi connectivity index (χ1v) is 6.29. The zero-order valence-electron chi connectivity index (χ0n) is 11.3. The van der Waals surface area contributed by atoms with E-state index in [2.05, 4.69) is 10.2 Å². The SMILES string of the molecule is COc1ccc(-n2c(Cl)nnc2C(C)C)c(OC)c1. The highest BCUT2D eigenvalue weighted by Crippen LogP contribution is 2.31. The van der Waals surface area contributed by atoms with Crippen LogP contribution in [0, 0.1) is 0 Å². The van der Waals surface area contributed by atoms with Gasteiger partial charge in [-0.05, 0) is 23.7 Å². The molecule has 2 rings (SSSR count). The Morgan fingerprint density at radius 2 is 1.89 bits per heavy atom. The lowest BCUT2D eigenvalue weighted by atomic mass is 10.2. The molecule has 0 aliphatic heterocycles. The summed E-state index contributed by atoms with van der Waals surface area (Å²) in [5.74, 6) is 2.36. The van der Waals surface area contributed by atoms with E-state index in [0.29, 0.717) is 11.0 Å². The van der Waals surface area contributed by atoms with Crippen LogP contribution in [0.2, 0.25) is 5.28 Å². The average Bonchev–Trinajstić information content (AvgIpc) is 2.80. The van der Waals surface area contributed by atoms with Gasteiger partial charge in [0.1, 0.15) is 17.3 Å². The molecular formula is C13H16ClN3O2. The molecule has 1 aromatic carbocycles. The third-order valence-electron chi connectivity index (χ3n) is 2.79. The van der Waals surface area contributed by atoms with Crippen LogP contribution in [0.25, 0.3) is 5.69 Å². The maximum atomic E-state index is 6.13. The monoisotopic (exact) mass is 281 g/mol. The summed E-state index contributed by atoms with van der Waals surface area (Å²) < 4.78 is 12.4. The van der Waals surface area contributed by atoms with Gasteiger partial charge in [-0.3, -0.25) is 4.57 Å². The fourth-order valence-corrected chi connectivity index (χ4v) is 2.06. The van der Waals surface area contributed by atoms with E-state index in [1.807, 2.05) is 26.0 Å². The van der Waals surface area contributed by atoms with Crippen molar-refractivity contribution in [3.8, 4) is 17.2 Å².